The van der Waals surface area contributed by atoms with Crippen molar-refractivity contribution in [1.29, 1.82) is 0 Å². The van der Waals surface area contributed by atoms with Gasteiger partial charge < -0.3 is 0 Å². The summed E-state index contributed by atoms with van der Waals surface area (Å²) in [5.74, 6) is 0.121. The third-order valence-electron chi connectivity index (χ3n) is 5.05. The molecule has 138 valence electrons. The summed E-state index contributed by atoms with van der Waals surface area (Å²) in [6.45, 7) is 8.24. The van der Waals surface area contributed by atoms with E-state index in [1.54, 1.807) is 12.1 Å². The van der Waals surface area contributed by atoms with E-state index in [1.807, 2.05) is 13.8 Å². The molecule has 0 aliphatic heterocycles. The van der Waals surface area contributed by atoms with Crippen molar-refractivity contribution in [3.05, 3.63) is 76.8 Å². The van der Waals surface area contributed by atoms with E-state index in [0.29, 0.717) is 11.1 Å². The number of rotatable bonds is 2. The number of benzene rings is 4. The molecule has 1 unspecified atom stereocenters. The van der Waals surface area contributed by atoms with Crippen molar-refractivity contribution < 1.29 is 0 Å². The minimum absolute atomic E-state index is 0.121. The average Bonchev–Trinajstić information content (AvgIpc) is 2.68. The Morgan fingerprint density at radius 2 is 1.07 bits per heavy atom. The van der Waals surface area contributed by atoms with Crippen molar-refractivity contribution in [1.82, 2.24) is 0 Å². The van der Waals surface area contributed by atoms with E-state index in [0.717, 1.165) is 12.0 Å². The van der Waals surface area contributed by atoms with Crippen molar-refractivity contribution in [2.75, 3.05) is 0 Å². The summed E-state index contributed by atoms with van der Waals surface area (Å²) >= 11 is 0. The zero-order chi connectivity index (χ0) is 19.9. The van der Waals surface area contributed by atoms with Crippen molar-refractivity contribution in [2.24, 2.45) is 0 Å². The van der Waals surface area contributed by atoms with Crippen LogP contribution in [0.2, 0.25) is 0 Å². The second-order valence-electron chi connectivity index (χ2n) is 7.05. The molecule has 2 aliphatic rings. The van der Waals surface area contributed by atoms with Gasteiger partial charge in [0.2, 0.25) is 21.7 Å². The van der Waals surface area contributed by atoms with Crippen LogP contribution in [0.15, 0.2) is 49.5 Å². The van der Waals surface area contributed by atoms with E-state index in [9.17, 15) is 19.2 Å². The Morgan fingerprint density at radius 1 is 0.704 bits per heavy atom. The molecule has 2 aromatic carbocycles. The lowest BCUT2D eigenvalue weighted by Crippen LogP contribution is -2.31. The second kappa shape index (κ2) is 7.03. The van der Waals surface area contributed by atoms with E-state index >= 15 is 0 Å². The molecule has 1 atom stereocenters. The predicted octanol–water partition coefficient (Wildman–Crippen LogP) is 3.78. The lowest BCUT2D eigenvalue weighted by Gasteiger charge is -2.17. The Labute approximate surface area is 156 Å². The highest BCUT2D eigenvalue weighted by Crippen LogP contribution is 2.36. The molecule has 4 nitrogen and oxygen atoms in total. The summed E-state index contributed by atoms with van der Waals surface area (Å²) < 4.78 is 0. The van der Waals surface area contributed by atoms with Crippen molar-refractivity contribution in [3.63, 3.8) is 0 Å². The number of hydrogen-bond acceptors (Lipinski definition) is 4. The largest absolute Gasteiger partial charge is 0.285 e. The normalized spacial score (nSPS) is 12.4. The third kappa shape index (κ3) is 2.76. The van der Waals surface area contributed by atoms with Gasteiger partial charge in [-0.25, -0.2) is 0 Å². The Hall–Kier alpha value is -2.88. The van der Waals surface area contributed by atoms with Gasteiger partial charge in [-0.1, -0.05) is 52.3 Å². The molecule has 2 aromatic rings. The fourth-order valence-corrected chi connectivity index (χ4v) is 3.50. The van der Waals surface area contributed by atoms with Crippen molar-refractivity contribution in [3.8, 4) is 11.1 Å². The lowest BCUT2D eigenvalue weighted by atomic mass is 9.84. The summed E-state index contributed by atoms with van der Waals surface area (Å²) in [7, 11) is 0. The summed E-state index contributed by atoms with van der Waals surface area (Å²) in [6.07, 6.45) is 2.07. The molecule has 0 N–H and O–H groups in total. The van der Waals surface area contributed by atoms with Crippen molar-refractivity contribution in [2.45, 2.75) is 46.5 Å². The Morgan fingerprint density at radius 3 is 1.48 bits per heavy atom. The molecule has 0 amide bonds. The van der Waals surface area contributed by atoms with Crippen LogP contribution in [0, 0.1) is 0 Å². The van der Waals surface area contributed by atoms with Gasteiger partial charge in [-0.2, -0.15) is 0 Å². The van der Waals surface area contributed by atoms with Gasteiger partial charge in [0.15, 0.2) is 0 Å². The molecule has 0 heterocycles. The van der Waals surface area contributed by atoms with Gasteiger partial charge in [-0.3, -0.25) is 19.2 Å². The molecular formula is C23H22O4. The molecule has 0 radical (unpaired) electrons. The smallest absolute Gasteiger partial charge is 0.234 e. The van der Waals surface area contributed by atoms with E-state index in [-0.39, 0.29) is 27.5 Å². The van der Waals surface area contributed by atoms with Crippen LogP contribution in [0.3, 0.4) is 0 Å². The molecule has 0 spiro atoms. The van der Waals surface area contributed by atoms with Gasteiger partial charge in [-0.15, -0.1) is 0 Å². The number of hydrogen-bond donors (Lipinski definition) is 0. The van der Waals surface area contributed by atoms with Gasteiger partial charge in [0, 0.05) is 32.7 Å². The fraction of sp³-hybridized carbons (Fsp3) is 0.304. The maximum absolute atomic E-state index is 12.6. The monoisotopic (exact) mass is 362 g/mol. The first-order valence-corrected chi connectivity index (χ1v) is 9.36. The third-order valence-corrected chi connectivity index (χ3v) is 5.05. The van der Waals surface area contributed by atoms with E-state index in [1.165, 1.54) is 24.6 Å². The molecule has 4 heteroatoms. The van der Waals surface area contributed by atoms with Crippen LogP contribution in [0.4, 0.5) is 0 Å². The molecule has 0 saturated carbocycles. The molecular weight excluding hydrogens is 340 g/mol. The lowest BCUT2D eigenvalue weighted by molar-refractivity contribution is 0.735. The van der Waals surface area contributed by atoms with Crippen LogP contribution in [0.1, 0.15) is 52.0 Å². The standard InChI is InChI=1S/C20H14O4.C3H8/c1-3-9(2)10-7-13-16-14(8-10)20(24)18(22)12-6-4-5-11(15(12)16)17(21)19(13)23;1-3-2/h4-9H,3H2,1-2H3;3H2,1-2H3. The maximum atomic E-state index is 12.6. The Bertz CT molecular complexity index is 1200. The van der Waals surface area contributed by atoms with Crippen LogP contribution in [0.25, 0.3) is 32.7 Å². The Balaban J connectivity index is 0.000000659. The van der Waals surface area contributed by atoms with Gasteiger partial charge in [0.1, 0.15) is 0 Å². The predicted molar refractivity (Wildman–Crippen MR) is 111 cm³/mol. The van der Waals surface area contributed by atoms with E-state index in [2.05, 4.69) is 13.8 Å². The first-order chi connectivity index (χ1) is 12.9. The molecule has 4 rings (SSSR count). The van der Waals surface area contributed by atoms with E-state index in [4.69, 9.17) is 0 Å². The van der Waals surface area contributed by atoms with Gasteiger partial charge in [0.05, 0.1) is 0 Å². The zero-order valence-electron chi connectivity index (χ0n) is 16.0. The summed E-state index contributed by atoms with van der Waals surface area (Å²) in [5, 5.41) is 0.911. The minimum atomic E-state index is -0.617. The van der Waals surface area contributed by atoms with Crippen molar-refractivity contribution >= 4 is 21.5 Å². The van der Waals surface area contributed by atoms with Crippen LogP contribution >= 0.6 is 0 Å². The minimum Gasteiger partial charge on any atom is -0.285 e. The Kier molecular flexibility index (Phi) is 4.92. The van der Waals surface area contributed by atoms with Gasteiger partial charge in [-0.05, 0) is 30.0 Å². The van der Waals surface area contributed by atoms with Crippen LogP contribution in [-0.4, -0.2) is 0 Å². The fourth-order valence-electron chi connectivity index (χ4n) is 3.50. The van der Waals surface area contributed by atoms with Gasteiger partial charge in [0.25, 0.3) is 0 Å². The summed E-state index contributed by atoms with van der Waals surface area (Å²) in [4.78, 5) is 50.1. The highest BCUT2D eigenvalue weighted by molar-refractivity contribution is 6.11. The molecule has 0 bridgehead atoms. The van der Waals surface area contributed by atoms with E-state index < -0.39 is 21.7 Å². The van der Waals surface area contributed by atoms with Crippen LogP contribution in [-0.2, 0) is 0 Å². The molecule has 0 aromatic heterocycles. The molecule has 2 aliphatic carbocycles. The highest BCUT2D eigenvalue weighted by Gasteiger charge is 2.25. The second-order valence-corrected chi connectivity index (χ2v) is 7.05. The van der Waals surface area contributed by atoms with Crippen LogP contribution in [0.5, 0.6) is 0 Å². The van der Waals surface area contributed by atoms with Crippen LogP contribution < -0.4 is 21.7 Å². The first-order valence-electron chi connectivity index (χ1n) is 9.36. The molecule has 27 heavy (non-hydrogen) atoms. The summed E-state index contributed by atoms with van der Waals surface area (Å²) in [5.41, 5.74) is -0.764. The first kappa shape index (κ1) is 18.9. The topological polar surface area (TPSA) is 68.3 Å². The highest BCUT2D eigenvalue weighted by atomic mass is 16.2. The summed E-state index contributed by atoms with van der Waals surface area (Å²) in [6, 6.07) is 8.02. The van der Waals surface area contributed by atoms with Gasteiger partial charge >= 0.3 is 0 Å². The molecule has 0 saturated heterocycles. The maximum Gasteiger partial charge on any atom is 0.234 e. The SMILES string of the molecule is CCC.CCC(C)c1cc2c3c(c1)c(=O)c(=O)c1cccc(c1-3)c(=O)c2=O. The molecule has 0 fully saturated rings. The average molecular weight is 362 g/mol. The zero-order valence-corrected chi connectivity index (χ0v) is 16.0. The quantitative estimate of drug-likeness (QED) is 0.402.